The number of aromatic hydroxyl groups is 1. The predicted molar refractivity (Wildman–Crippen MR) is 65.0 cm³/mol. The third kappa shape index (κ3) is 1.58. The molecule has 0 aliphatic heterocycles. The summed E-state index contributed by atoms with van der Waals surface area (Å²) in [4.78, 5) is 4.27. The third-order valence-electron chi connectivity index (χ3n) is 3.62. The van der Waals surface area contributed by atoms with Gasteiger partial charge < -0.3 is 14.8 Å². The highest BCUT2D eigenvalue weighted by Crippen LogP contribution is 2.43. The van der Waals surface area contributed by atoms with E-state index >= 15 is 0 Å². The molecule has 0 spiro atoms. The van der Waals surface area contributed by atoms with Crippen molar-refractivity contribution in [3.8, 4) is 5.75 Å². The zero-order valence-electron chi connectivity index (χ0n) is 10.3. The standard InChI is InChI=1S/C13H15FN2O2/c1-7-15-11-4-9(17)3-10(14)12(11)16(7)8-5-13(2,18)6-8/h3-4,8,17-18H,5-6H2,1-2H3. The Balaban J connectivity index is 2.15. The van der Waals surface area contributed by atoms with Gasteiger partial charge in [-0.05, 0) is 26.7 Å². The van der Waals surface area contributed by atoms with Gasteiger partial charge in [0.15, 0.2) is 5.82 Å². The van der Waals surface area contributed by atoms with Crippen molar-refractivity contribution in [2.75, 3.05) is 0 Å². The van der Waals surface area contributed by atoms with Crippen LogP contribution in [-0.2, 0) is 0 Å². The maximum atomic E-state index is 14.0. The van der Waals surface area contributed by atoms with E-state index in [1.165, 1.54) is 6.07 Å². The van der Waals surface area contributed by atoms with E-state index in [1.807, 2.05) is 11.5 Å². The molecule has 4 nitrogen and oxygen atoms in total. The molecular weight excluding hydrogens is 235 g/mol. The van der Waals surface area contributed by atoms with Gasteiger partial charge in [-0.3, -0.25) is 0 Å². The first-order valence-corrected chi connectivity index (χ1v) is 5.97. The number of fused-ring (bicyclic) bond motifs is 1. The second-order valence-corrected chi connectivity index (χ2v) is 5.38. The van der Waals surface area contributed by atoms with Crippen molar-refractivity contribution in [3.05, 3.63) is 23.8 Å². The highest BCUT2D eigenvalue weighted by atomic mass is 19.1. The van der Waals surface area contributed by atoms with Crippen LogP contribution >= 0.6 is 0 Å². The van der Waals surface area contributed by atoms with Crippen molar-refractivity contribution in [1.82, 2.24) is 9.55 Å². The van der Waals surface area contributed by atoms with Crippen LogP contribution in [0.3, 0.4) is 0 Å². The first-order chi connectivity index (χ1) is 8.37. The van der Waals surface area contributed by atoms with Crippen LogP contribution in [0.5, 0.6) is 5.75 Å². The molecular formula is C13H15FN2O2. The molecule has 1 aromatic carbocycles. The lowest BCUT2D eigenvalue weighted by atomic mass is 9.77. The van der Waals surface area contributed by atoms with Gasteiger partial charge in [0.1, 0.15) is 17.1 Å². The van der Waals surface area contributed by atoms with Gasteiger partial charge in [0.25, 0.3) is 0 Å². The number of phenols is 1. The lowest BCUT2D eigenvalue weighted by Gasteiger charge is -2.42. The highest BCUT2D eigenvalue weighted by molar-refractivity contribution is 5.78. The van der Waals surface area contributed by atoms with Gasteiger partial charge in [0.2, 0.25) is 0 Å². The smallest absolute Gasteiger partial charge is 0.152 e. The van der Waals surface area contributed by atoms with Gasteiger partial charge in [-0.25, -0.2) is 9.37 Å². The van der Waals surface area contributed by atoms with Crippen molar-refractivity contribution in [1.29, 1.82) is 0 Å². The van der Waals surface area contributed by atoms with Crippen molar-refractivity contribution in [2.24, 2.45) is 0 Å². The topological polar surface area (TPSA) is 58.3 Å². The van der Waals surface area contributed by atoms with Crippen LogP contribution < -0.4 is 0 Å². The summed E-state index contributed by atoms with van der Waals surface area (Å²) >= 11 is 0. The summed E-state index contributed by atoms with van der Waals surface area (Å²) in [6.07, 6.45) is 1.19. The number of phenolic OH excluding ortho intramolecular Hbond substituents is 1. The van der Waals surface area contributed by atoms with Gasteiger partial charge in [-0.2, -0.15) is 0 Å². The van der Waals surface area contributed by atoms with Crippen molar-refractivity contribution in [2.45, 2.75) is 38.3 Å². The summed E-state index contributed by atoms with van der Waals surface area (Å²) in [6.45, 7) is 3.59. The molecule has 1 aliphatic rings. The number of aryl methyl sites for hydroxylation is 1. The van der Waals surface area contributed by atoms with Gasteiger partial charge in [-0.1, -0.05) is 0 Å². The predicted octanol–water partition coefficient (Wildman–Crippen LogP) is 2.28. The fraction of sp³-hybridized carbons (Fsp3) is 0.462. The normalized spacial score (nSPS) is 27.4. The Labute approximate surface area is 104 Å². The van der Waals surface area contributed by atoms with Crippen LogP contribution in [0, 0.1) is 12.7 Å². The SMILES string of the molecule is Cc1nc2cc(O)cc(F)c2n1C1CC(C)(O)C1. The lowest BCUT2D eigenvalue weighted by molar-refractivity contribution is -0.0504. The second-order valence-electron chi connectivity index (χ2n) is 5.38. The fourth-order valence-corrected chi connectivity index (χ4v) is 2.87. The first-order valence-electron chi connectivity index (χ1n) is 5.97. The van der Waals surface area contributed by atoms with Crippen LogP contribution in [0.2, 0.25) is 0 Å². The lowest BCUT2D eigenvalue weighted by Crippen LogP contribution is -2.42. The summed E-state index contributed by atoms with van der Waals surface area (Å²) in [6, 6.07) is 2.62. The Kier molecular flexibility index (Phi) is 2.20. The number of rotatable bonds is 1. The number of benzene rings is 1. The summed E-state index contributed by atoms with van der Waals surface area (Å²) in [5, 5.41) is 19.2. The van der Waals surface area contributed by atoms with Crippen molar-refractivity contribution in [3.63, 3.8) is 0 Å². The van der Waals surface area contributed by atoms with Gasteiger partial charge in [0, 0.05) is 18.2 Å². The Hall–Kier alpha value is -1.62. The molecule has 0 amide bonds. The zero-order valence-corrected chi connectivity index (χ0v) is 10.3. The molecule has 18 heavy (non-hydrogen) atoms. The van der Waals surface area contributed by atoms with Crippen LogP contribution in [0.25, 0.3) is 11.0 Å². The zero-order chi connectivity index (χ0) is 13.1. The fourth-order valence-electron chi connectivity index (χ4n) is 2.87. The Morgan fingerprint density at radius 2 is 2.11 bits per heavy atom. The average Bonchev–Trinajstić information content (AvgIpc) is 2.50. The van der Waals surface area contributed by atoms with Crippen LogP contribution in [-0.4, -0.2) is 25.4 Å². The molecule has 0 bridgehead atoms. The third-order valence-corrected chi connectivity index (χ3v) is 3.62. The number of hydrogen-bond acceptors (Lipinski definition) is 3. The van der Waals surface area contributed by atoms with Crippen LogP contribution in [0.4, 0.5) is 4.39 Å². The Morgan fingerprint density at radius 3 is 2.72 bits per heavy atom. The molecule has 2 aromatic rings. The number of halogens is 1. The number of aliphatic hydroxyl groups is 1. The quantitative estimate of drug-likeness (QED) is 0.816. The summed E-state index contributed by atoms with van der Waals surface area (Å²) in [5.74, 6) is 0.109. The molecule has 0 atom stereocenters. The van der Waals surface area contributed by atoms with E-state index in [1.54, 1.807) is 6.92 Å². The molecule has 5 heteroatoms. The minimum atomic E-state index is -0.666. The van der Waals surface area contributed by atoms with Crippen molar-refractivity contribution < 1.29 is 14.6 Å². The minimum absolute atomic E-state index is 0.0732. The molecule has 0 radical (unpaired) electrons. The molecule has 1 fully saturated rings. The second kappa shape index (κ2) is 3.45. The Morgan fingerprint density at radius 1 is 1.44 bits per heavy atom. The molecule has 1 aromatic heterocycles. The number of nitrogens with zero attached hydrogens (tertiary/aromatic N) is 2. The summed E-state index contributed by atoms with van der Waals surface area (Å²) in [7, 11) is 0. The number of aromatic nitrogens is 2. The van der Waals surface area contributed by atoms with E-state index in [-0.39, 0.29) is 11.8 Å². The molecule has 0 unspecified atom stereocenters. The monoisotopic (exact) mass is 250 g/mol. The molecule has 1 saturated carbocycles. The van der Waals surface area contributed by atoms with Crippen LogP contribution in [0.15, 0.2) is 12.1 Å². The molecule has 3 rings (SSSR count). The molecule has 0 saturated heterocycles. The van der Waals surface area contributed by atoms with Gasteiger partial charge in [0.05, 0.1) is 11.1 Å². The first kappa shape index (κ1) is 11.5. The molecule has 1 heterocycles. The maximum Gasteiger partial charge on any atom is 0.152 e. The van der Waals surface area contributed by atoms with E-state index in [2.05, 4.69) is 4.98 Å². The Bertz CT molecular complexity index is 625. The van der Waals surface area contributed by atoms with Crippen LogP contribution in [0.1, 0.15) is 31.6 Å². The van der Waals surface area contributed by atoms with Crippen molar-refractivity contribution >= 4 is 11.0 Å². The van der Waals surface area contributed by atoms with Gasteiger partial charge in [-0.15, -0.1) is 0 Å². The number of imidazole rings is 1. The van der Waals surface area contributed by atoms with E-state index in [4.69, 9.17) is 0 Å². The van der Waals surface area contributed by atoms with E-state index < -0.39 is 11.4 Å². The largest absolute Gasteiger partial charge is 0.508 e. The summed E-state index contributed by atoms with van der Waals surface area (Å²) < 4.78 is 15.8. The molecule has 1 aliphatic carbocycles. The van der Waals surface area contributed by atoms with Gasteiger partial charge >= 0.3 is 0 Å². The minimum Gasteiger partial charge on any atom is -0.508 e. The highest BCUT2D eigenvalue weighted by Gasteiger charge is 2.40. The molecule has 96 valence electrons. The summed E-state index contributed by atoms with van der Waals surface area (Å²) in [5.41, 5.74) is 0.198. The van der Waals surface area contributed by atoms with E-state index in [9.17, 15) is 14.6 Å². The maximum absolute atomic E-state index is 14.0. The number of hydrogen-bond donors (Lipinski definition) is 2. The van der Waals surface area contributed by atoms with E-state index in [0.29, 0.717) is 29.7 Å². The average molecular weight is 250 g/mol. The molecule has 2 N–H and O–H groups in total. The van der Waals surface area contributed by atoms with E-state index in [0.717, 1.165) is 6.07 Å².